The normalized spacial score (nSPS) is 11.4. The third-order valence-corrected chi connectivity index (χ3v) is 4.29. The molecule has 0 atom stereocenters. The highest BCUT2D eigenvalue weighted by atomic mass is 35.5. The third kappa shape index (κ3) is 3.37. The van der Waals surface area contributed by atoms with E-state index in [0.717, 1.165) is 14.7 Å². The van der Waals surface area contributed by atoms with Gasteiger partial charge >= 0.3 is 0 Å². The number of hydrogen-bond acceptors (Lipinski definition) is 4. The summed E-state index contributed by atoms with van der Waals surface area (Å²) in [5, 5.41) is 0. The van der Waals surface area contributed by atoms with Crippen LogP contribution in [0.25, 0.3) is 17.2 Å². The molecule has 2 aromatic heterocycles. The number of carbonyl (C=O) groups excluding carboxylic acids is 1. The Kier molecular flexibility index (Phi) is 4.27. The van der Waals surface area contributed by atoms with E-state index in [9.17, 15) is 4.79 Å². The molecule has 2 heterocycles. The van der Waals surface area contributed by atoms with Crippen LogP contribution in [0.15, 0.2) is 46.9 Å². The first-order chi connectivity index (χ1) is 10.6. The van der Waals surface area contributed by atoms with Crippen molar-refractivity contribution in [2.75, 3.05) is 7.05 Å². The lowest BCUT2D eigenvalue weighted by Gasteiger charge is -2.13. The molecule has 0 unspecified atom stereocenters. The van der Waals surface area contributed by atoms with Crippen molar-refractivity contribution < 1.29 is 9.21 Å². The Morgan fingerprint density at radius 3 is 2.91 bits per heavy atom. The molecule has 0 aliphatic carbocycles. The van der Waals surface area contributed by atoms with Crippen LogP contribution in [0.3, 0.4) is 0 Å². The molecule has 0 fully saturated rings. The van der Waals surface area contributed by atoms with Crippen molar-refractivity contribution in [3.63, 3.8) is 0 Å². The fourth-order valence-corrected chi connectivity index (χ4v) is 3.12. The molecular formula is C16H13ClN2O2S. The van der Waals surface area contributed by atoms with E-state index >= 15 is 0 Å². The van der Waals surface area contributed by atoms with Crippen molar-refractivity contribution in [1.29, 1.82) is 0 Å². The Balaban J connectivity index is 1.67. The third-order valence-electron chi connectivity index (χ3n) is 3.08. The van der Waals surface area contributed by atoms with Crippen LogP contribution in [0.4, 0.5) is 0 Å². The van der Waals surface area contributed by atoms with E-state index in [1.54, 1.807) is 18.0 Å². The van der Waals surface area contributed by atoms with Gasteiger partial charge in [-0.05, 0) is 24.3 Å². The first kappa shape index (κ1) is 14.8. The number of halogens is 1. The van der Waals surface area contributed by atoms with Gasteiger partial charge in [0.25, 0.3) is 0 Å². The number of oxazole rings is 1. The standard InChI is InChI=1S/C16H13ClN2O2S/c1-19(10-11-6-7-14(17)22-11)16(20)9-8-15-18-12-4-2-3-5-13(12)21-15/h2-9H,10H2,1H3/b9-8+. The van der Waals surface area contributed by atoms with Gasteiger partial charge in [0.1, 0.15) is 5.52 Å². The minimum absolute atomic E-state index is 0.119. The number of fused-ring (bicyclic) bond motifs is 1. The maximum Gasteiger partial charge on any atom is 0.246 e. The lowest BCUT2D eigenvalue weighted by molar-refractivity contribution is -0.125. The molecule has 0 N–H and O–H groups in total. The Bertz CT molecular complexity index is 804. The van der Waals surface area contributed by atoms with E-state index < -0.39 is 0 Å². The number of rotatable bonds is 4. The second kappa shape index (κ2) is 6.34. The van der Waals surface area contributed by atoms with Gasteiger partial charge in [0.2, 0.25) is 11.8 Å². The molecule has 4 nitrogen and oxygen atoms in total. The maximum absolute atomic E-state index is 12.1. The molecular weight excluding hydrogens is 320 g/mol. The molecule has 0 saturated carbocycles. The van der Waals surface area contributed by atoms with Crippen molar-refractivity contribution >= 4 is 46.0 Å². The number of likely N-dealkylation sites (N-methyl/N-ethyl adjacent to an activating group) is 1. The van der Waals surface area contributed by atoms with Gasteiger partial charge in [-0.3, -0.25) is 4.79 Å². The number of hydrogen-bond donors (Lipinski definition) is 0. The zero-order valence-corrected chi connectivity index (χ0v) is 13.4. The smallest absolute Gasteiger partial charge is 0.246 e. The van der Waals surface area contributed by atoms with Crippen LogP contribution >= 0.6 is 22.9 Å². The summed E-state index contributed by atoms with van der Waals surface area (Å²) in [5.41, 5.74) is 1.48. The van der Waals surface area contributed by atoms with Crippen LogP contribution in [0, 0.1) is 0 Å². The molecule has 1 aromatic carbocycles. The summed E-state index contributed by atoms with van der Waals surface area (Å²) in [5.74, 6) is 0.300. The average Bonchev–Trinajstić information content (AvgIpc) is 3.10. The lowest BCUT2D eigenvalue weighted by atomic mass is 10.3. The summed E-state index contributed by atoms with van der Waals surface area (Å²) in [4.78, 5) is 19.0. The molecule has 3 aromatic rings. The molecule has 0 saturated heterocycles. The van der Waals surface area contributed by atoms with E-state index in [2.05, 4.69) is 4.98 Å². The number of benzene rings is 1. The van der Waals surface area contributed by atoms with Gasteiger partial charge in [-0.1, -0.05) is 23.7 Å². The van der Waals surface area contributed by atoms with Gasteiger partial charge in [-0.25, -0.2) is 4.98 Å². The number of aromatic nitrogens is 1. The highest BCUT2D eigenvalue weighted by molar-refractivity contribution is 7.16. The molecule has 0 spiro atoms. The summed E-state index contributed by atoms with van der Waals surface area (Å²) in [6.07, 6.45) is 3.04. The SMILES string of the molecule is CN(Cc1ccc(Cl)s1)C(=O)/C=C/c1nc2ccccc2o1. The minimum atomic E-state index is -0.119. The predicted octanol–water partition coefficient (Wildman–Crippen LogP) is 4.21. The summed E-state index contributed by atoms with van der Waals surface area (Å²) in [6.45, 7) is 0.522. The van der Waals surface area contributed by atoms with E-state index in [1.807, 2.05) is 36.4 Å². The first-order valence-electron chi connectivity index (χ1n) is 6.65. The monoisotopic (exact) mass is 332 g/mol. The molecule has 0 aliphatic heterocycles. The summed E-state index contributed by atoms with van der Waals surface area (Å²) < 4.78 is 6.26. The number of thiophene rings is 1. The van der Waals surface area contributed by atoms with Gasteiger partial charge in [0.05, 0.1) is 10.9 Å². The molecule has 0 radical (unpaired) electrons. The molecule has 3 rings (SSSR count). The van der Waals surface area contributed by atoms with Gasteiger partial charge in [-0.2, -0.15) is 0 Å². The van der Waals surface area contributed by atoms with Gasteiger partial charge in [0.15, 0.2) is 5.58 Å². The zero-order chi connectivity index (χ0) is 15.5. The van der Waals surface area contributed by atoms with E-state index in [-0.39, 0.29) is 5.91 Å². The molecule has 0 bridgehead atoms. The Labute approximate surface area is 136 Å². The molecule has 1 amide bonds. The van der Waals surface area contributed by atoms with Crippen LogP contribution in [-0.2, 0) is 11.3 Å². The van der Waals surface area contributed by atoms with Crippen LogP contribution in [0.2, 0.25) is 4.34 Å². The summed E-state index contributed by atoms with van der Waals surface area (Å²) in [7, 11) is 1.74. The number of amides is 1. The minimum Gasteiger partial charge on any atom is -0.437 e. The predicted molar refractivity (Wildman–Crippen MR) is 88.8 cm³/mol. The van der Waals surface area contributed by atoms with Crippen LogP contribution in [0.1, 0.15) is 10.8 Å². The van der Waals surface area contributed by atoms with E-state index in [4.69, 9.17) is 16.0 Å². The van der Waals surface area contributed by atoms with Crippen molar-refractivity contribution in [3.05, 3.63) is 57.6 Å². The molecule has 112 valence electrons. The summed E-state index contributed by atoms with van der Waals surface area (Å²) >= 11 is 7.35. The number of nitrogens with zero attached hydrogens (tertiary/aromatic N) is 2. The highest BCUT2D eigenvalue weighted by Crippen LogP contribution is 2.22. The molecule has 6 heteroatoms. The summed E-state index contributed by atoms with van der Waals surface area (Å²) in [6, 6.07) is 11.2. The zero-order valence-electron chi connectivity index (χ0n) is 11.8. The van der Waals surface area contributed by atoms with Crippen molar-refractivity contribution in [1.82, 2.24) is 9.88 Å². The lowest BCUT2D eigenvalue weighted by Crippen LogP contribution is -2.23. The highest BCUT2D eigenvalue weighted by Gasteiger charge is 2.08. The van der Waals surface area contributed by atoms with Crippen molar-refractivity contribution in [2.24, 2.45) is 0 Å². The largest absolute Gasteiger partial charge is 0.437 e. The van der Waals surface area contributed by atoms with Gasteiger partial charge < -0.3 is 9.32 Å². The Morgan fingerprint density at radius 2 is 2.18 bits per heavy atom. The van der Waals surface area contributed by atoms with Crippen LogP contribution in [-0.4, -0.2) is 22.8 Å². The fourth-order valence-electron chi connectivity index (χ4n) is 1.98. The van der Waals surface area contributed by atoms with Gasteiger partial charge in [0, 0.05) is 24.1 Å². The fraction of sp³-hybridized carbons (Fsp3) is 0.125. The number of carbonyl (C=O) groups is 1. The van der Waals surface area contributed by atoms with Crippen molar-refractivity contribution in [2.45, 2.75) is 6.54 Å². The second-order valence-corrected chi connectivity index (χ2v) is 6.55. The van der Waals surface area contributed by atoms with Crippen LogP contribution < -0.4 is 0 Å². The Hall–Kier alpha value is -2.11. The van der Waals surface area contributed by atoms with Crippen molar-refractivity contribution in [3.8, 4) is 0 Å². The second-order valence-electron chi connectivity index (χ2n) is 4.75. The quantitative estimate of drug-likeness (QED) is 0.672. The van der Waals surface area contributed by atoms with E-state index in [0.29, 0.717) is 18.0 Å². The Morgan fingerprint density at radius 1 is 1.36 bits per heavy atom. The molecule has 0 aliphatic rings. The maximum atomic E-state index is 12.1. The van der Waals surface area contributed by atoms with Crippen LogP contribution in [0.5, 0.6) is 0 Å². The molecule has 22 heavy (non-hydrogen) atoms. The average molecular weight is 333 g/mol. The van der Waals surface area contributed by atoms with Gasteiger partial charge in [-0.15, -0.1) is 11.3 Å². The number of para-hydroxylation sites is 2. The first-order valence-corrected chi connectivity index (χ1v) is 7.84. The topological polar surface area (TPSA) is 46.3 Å². The van der Waals surface area contributed by atoms with E-state index in [1.165, 1.54) is 17.4 Å².